The van der Waals surface area contributed by atoms with Crippen LogP contribution in [0.15, 0.2) is 11.6 Å². The lowest BCUT2D eigenvalue weighted by Crippen LogP contribution is -2.24. The van der Waals surface area contributed by atoms with E-state index >= 15 is 0 Å². The van der Waals surface area contributed by atoms with E-state index in [1.54, 1.807) is 0 Å². The highest BCUT2D eigenvalue weighted by molar-refractivity contribution is 5.95. The predicted molar refractivity (Wildman–Crippen MR) is 51.8 cm³/mol. The van der Waals surface area contributed by atoms with E-state index in [2.05, 4.69) is 26.8 Å². The molecule has 0 spiro atoms. The Morgan fingerprint density at radius 1 is 1.69 bits per heavy atom. The zero-order valence-electron chi connectivity index (χ0n) is 8.50. The summed E-state index contributed by atoms with van der Waals surface area (Å²) in [6.45, 7) is 6.56. The average Bonchev–Trinajstić information content (AvgIpc) is 2.69. The molecule has 1 amide bonds. The molecule has 1 saturated carbocycles. The average molecular weight is 179 g/mol. The molecule has 72 valence electrons. The molecule has 0 heterocycles. The minimum atomic E-state index is -0.208. The third-order valence-corrected chi connectivity index (χ3v) is 3.92. The Labute approximate surface area is 79.2 Å². The molecule has 0 saturated heterocycles. The molecule has 1 fully saturated rings. The van der Waals surface area contributed by atoms with Crippen molar-refractivity contribution in [3.8, 4) is 0 Å². The van der Waals surface area contributed by atoms with Gasteiger partial charge in [0.15, 0.2) is 0 Å². The number of rotatable bonds is 2. The highest BCUT2D eigenvalue weighted by Gasteiger charge is 2.64. The third kappa shape index (κ3) is 0.917. The van der Waals surface area contributed by atoms with Crippen LogP contribution in [0.4, 0.5) is 0 Å². The van der Waals surface area contributed by atoms with Crippen molar-refractivity contribution in [2.45, 2.75) is 27.2 Å². The molecule has 2 aliphatic rings. The lowest BCUT2D eigenvalue weighted by Gasteiger charge is -2.19. The van der Waals surface area contributed by atoms with Gasteiger partial charge in [0.1, 0.15) is 0 Å². The number of primary amides is 1. The highest BCUT2D eigenvalue weighted by atomic mass is 16.1. The van der Waals surface area contributed by atoms with Gasteiger partial charge < -0.3 is 5.73 Å². The van der Waals surface area contributed by atoms with E-state index in [4.69, 9.17) is 5.73 Å². The van der Waals surface area contributed by atoms with Crippen LogP contribution in [0.5, 0.6) is 0 Å². The van der Waals surface area contributed by atoms with Crippen molar-refractivity contribution in [2.75, 3.05) is 0 Å². The Morgan fingerprint density at radius 3 is 2.62 bits per heavy atom. The van der Waals surface area contributed by atoms with Crippen molar-refractivity contribution in [2.24, 2.45) is 28.9 Å². The lowest BCUT2D eigenvalue weighted by molar-refractivity contribution is -0.115. The molecule has 0 radical (unpaired) electrons. The van der Waals surface area contributed by atoms with Crippen molar-refractivity contribution in [1.29, 1.82) is 0 Å². The Bertz CT molecular complexity index is 292. The molecule has 0 bridgehead atoms. The molecule has 3 atom stereocenters. The second kappa shape index (κ2) is 2.37. The molecular weight excluding hydrogens is 162 g/mol. The van der Waals surface area contributed by atoms with Gasteiger partial charge in [0.05, 0.1) is 0 Å². The standard InChI is InChI=1S/C11H17NO/c1-6(2)11-5-9(11)7(3)4-8(11)10(12)13/h4,6-7,9H,5H2,1-3H3,(H2,12,13). The van der Waals surface area contributed by atoms with Gasteiger partial charge in [-0.15, -0.1) is 0 Å². The number of carbonyl (C=O) groups excluding carboxylic acids is 1. The normalized spacial score (nSPS) is 41.7. The summed E-state index contributed by atoms with van der Waals surface area (Å²) in [5, 5.41) is 0. The predicted octanol–water partition coefficient (Wildman–Crippen LogP) is 1.71. The van der Waals surface area contributed by atoms with Crippen LogP contribution in [-0.4, -0.2) is 5.91 Å². The van der Waals surface area contributed by atoms with Crippen LogP contribution in [0.25, 0.3) is 0 Å². The zero-order valence-corrected chi connectivity index (χ0v) is 8.50. The molecule has 2 rings (SSSR count). The molecule has 3 unspecified atom stereocenters. The monoisotopic (exact) mass is 179 g/mol. The molecule has 2 heteroatoms. The van der Waals surface area contributed by atoms with Gasteiger partial charge in [0, 0.05) is 11.0 Å². The van der Waals surface area contributed by atoms with Crippen LogP contribution in [0.1, 0.15) is 27.2 Å². The number of hydrogen-bond donors (Lipinski definition) is 1. The maximum Gasteiger partial charge on any atom is 0.244 e. The zero-order chi connectivity index (χ0) is 9.80. The van der Waals surface area contributed by atoms with Crippen LogP contribution in [-0.2, 0) is 4.79 Å². The molecule has 0 aromatic carbocycles. The first kappa shape index (κ1) is 8.79. The fourth-order valence-electron chi connectivity index (χ4n) is 3.09. The number of carbonyl (C=O) groups is 1. The molecule has 13 heavy (non-hydrogen) atoms. The fraction of sp³-hybridized carbons (Fsp3) is 0.727. The van der Waals surface area contributed by atoms with Gasteiger partial charge in [-0.05, 0) is 24.2 Å². The largest absolute Gasteiger partial charge is 0.366 e. The minimum absolute atomic E-state index is 0.158. The second-order valence-electron chi connectivity index (χ2n) is 4.81. The van der Waals surface area contributed by atoms with Crippen LogP contribution in [0.3, 0.4) is 0 Å². The Morgan fingerprint density at radius 2 is 2.31 bits per heavy atom. The number of hydrogen-bond acceptors (Lipinski definition) is 1. The number of amides is 1. The van der Waals surface area contributed by atoms with Gasteiger partial charge in [-0.1, -0.05) is 26.8 Å². The van der Waals surface area contributed by atoms with Crippen molar-refractivity contribution >= 4 is 5.91 Å². The SMILES string of the molecule is CC1C=C(C(N)=O)C2(C(C)C)CC12. The third-order valence-electron chi connectivity index (χ3n) is 3.92. The summed E-state index contributed by atoms with van der Waals surface area (Å²) in [6.07, 6.45) is 3.25. The van der Waals surface area contributed by atoms with Crippen LogP contribution < -0.4 is 5.73 Å². The Kier molecular flexibility index (Phi) is 1.60. The van der Waals surface area contributed by atoms with Crippen molar-refractivity contribution in [3.05, 3.63) is 11.6 Å². The first-order chi connectivity index (χ1) is 6.00. The summed E-state index contributed by atoms with van der Waals surface area (Å²) in [4.78, 5) is 11.2. The van der Waals surface area contributed by atoms with E-state index in [1.165, 1.54) is 6.42 Å². The summed E-state index contributed by atoms with van der Waals surface area (Å²) in [7, 11) is 0. The van der Waals surface area contributed by atoms with Gasteiger partial charge in [0.2, 0.25) is 5.91 Å². The molecule has 0 aromatic heterocycles. The molecule has 2 aliphatic carbocycles. The van der Waals surface area contributed by atoms with E-state index in [-0.39, 0.29) is 11.3 Å². The Hall–Kier alpha value is -0.790. The summed E-state index contributed by atoms with van der Waals surface area (Å²) in [6, 6.07) is 0. The first-order valence-electron chi connectivity index (χ1n) is 5.02. The quantitative estimate of drug-likeness (QED) is 0.689. The van der Waals surface area contributed by atoms with E-state index < -0.39 is 0 Å². The smallest absolute Gasteiger partial charge is 0.244 e. The summed E-state index contributed by atoms with van der Waals surface area (Å²) in [5.41, 5.74) is 6.45. The van der Waals surface area contributed by atoms with E-state index in [0.717, 1.165) is 5.57 Å². The van der Waals surface area contributed by atoms with E-state index in [0.29, 0.717) is 17.8 Å². The van der Waals surface area contributed by atoms with Crippen molar-refractivity contribution in [1.82, 2.24) is 0 Å². The minimum Gasteiger partial charge on any atom is -0.366 e. The highest BCUT2D eigenvalue weighted by Crippen LogP contribution is 2.69. The summed E-state index contributed by atoms with van der Waals surface area (Å²) >= 11 is 0. The lowest BCUT2D eigenvalue weighted by atomic mass is 9.85. The van der Waals surface area contributed by atoms with Gasteiger partial charge >= 0.3 is 0 Å². The number of allylic oxidation sites excluding steroid dienone is 1. The molecule has 0 aromatic rings. The maximum atomic E-state index is 11.2. The first-order valence-corrected chi connectivity index (χ1v) is 5.02. The second-order valence-corrected chi connectivity index (χ2v) is 4.81. The molecular formula is C11H17NO. The van der Waals surface area contributed by atoms with Gasteiger partial charge in [-0.25, -0.2) is 0 Å². The number of fused-ring (bicyclic) bond motifs is 1. The van der Waals surface area contributed by atoms with E-state index in [1.807, 2.05) is 0 Å². The summed E-state index contributed by atoms with van der Waals surface area (Å²) < 4.78 is 0. The van der Waals surface area contributed by atoms with Crippen LogP contribution in [0.2, 0.25) is 0 Å². The molecule has 2 nitrogen and oxygen atoms in total. The van der Waals surface area contributed by atoms with Gasteiger partial charge in [-0.2, -0.15) is 0 Å². The van der Waals surface area contributed by atoms with Gasteiger partial charge in [0.25, 0.3) is 0 Å². The van der Waals surface area contributed by atoms with Gasteiger partial charge in [-0.3, -0.25) is 4.79 Å². The van der Waals surface area contributed by atoms with E-state index in [9.17, 15) is 4.79 Å². The Balaban J connectivity index is 2.35. The van der Waals surface area contributed by atoms with Crippen LogP contribution >= 0.6 is 0 Å². The summed E-state index contributed by atoms with van der Waals surface area (Å²) in [5.74, 6) is 1.57. The maximum absolute atomic E-state index is 11.2. The van der Waals surface area contributed by atoms with Crippen molar-refractivity contribution in [3.63, 3.8) is 0 Å². The molecule has 2 N–H and O–H groups in total. The fourth-order valence-corrected chi connectivity index (χ4v) is 3.09. The number of nitrogens with two attached hydrogens (primary N) is 1. The molecule has 0 aliphatic heterocycles. The topological polar surface area (TPSA) is 43.1 Å². The van der Waals surface area contributed by atoms with Crippen LogP contribution in [0, 0.1) is 23.2 Å². The van der Waals surface area contributed by atoms with Crippen molar-refractivity contribution < 1.29 is 4.79 Å².